The molecule has 0 aliphatic carbocycles. The maximum Gasteiger partial charge on any atom is 0.262 e. The maximum absolute atomic E-state index is 12.8. The third-order valence-electron chi connectivity index (χ3n) is 4.01. The highest BCUT2D eigenvalue weighted by atomic mass is 79.9. The van der Waals surface area contributed by atoms with Crippen molar-refractivity contribution in [1.82, 2.24) is 19.7 Å². The Morgan fingerprint density at radius 1 is 1.33 bits per heavy atom. The van der Waals surface area contributed by atoms with Crippen LogP contribution in [-0.4, -0.2) is 19.7 Å². The van der Waals surface area contributed by atoms with Crippen LogP contribution in [0.2, 0.25) is 0 Å². The second kappa shape index (κ2) is 7.57. The van der Waals surface area contributed by atoms with Gasteiger partial charge < -0.3 is 4.52 Å². The molecule has 1 aromatic carbocycles. The highest BCUT2D eigenvalue weighted by Gasteiger charge is 2.20. The molecule has 0 amide bonds. The van der Waals surface area contributed by atoms with E-state index < -0.39 is 0 Å². The molecule has 9 heteroatoms. The lowest BCUT2D eigenvalue weighted by atomic mass is 10.2. The molecule has 0 aliphatic heterocycles. The quantitative estimate of drug-likeness (QED) is 0.301. The van der Waals surface area contributed by atoms with E-state index in [1.807, 2.05) is 43.5 Å². The van der Waals surface area contributed by atoms with Gasteiger partial charge >= 0.3 is 0 Å². The number of rotatable bonds is 5. The summed E-state index contributed by atoms with van der Waals surface area (Å²) in [5.41, 5.74) is 0.621. The second-order valence-electron chi connectivity index (χ2n) is 5.80. The van der Waals surface area contributed by atoms with Gasteiger partial charge in [0.05, 0.1) is 21.0 Å². The summed E-state index contributed by atoms with van der Waals surface area (Å²) in [5, 5.41) is 7.13. The number of hydrogen-bond acceptors (Lipinski definition) is 7. The number of aromatic nitrogens is 4. The zero-order valence-electron chi connectivity index (χ0n) is 14.5. The molecule has 0 saturated heterocycles. The van der Waals surface area contributed by atoms with Gasteiger partial charge in [-0.1, -0.05) is 38.9 Å². The van der Waals surface area contributed by atoms with Gasteiger partial charge in [0.15, 0.2) is 5.16 Å². The normalized spacial score (nSPS) is 12.6. The Hall–Kier alpha value is -1.97. The fraction of sp³-hybridized carbons (Fsp3) is 0.222. The second-order valence-corrected chi connectivity index (χ2v) is 8.97. The average Bonchev–Trinajstić information content (AvgIpc) is 3.34. The number of fused-ring (bicyclic) bond motifs is 1. The number of benzene rings is 1. The van der Waals surface area contributed by atoms with Crippen LogP contribution in [-0.2, 0) is 6.54 Å². The van der Waals surface area contributed by atoms with E-state index in [4.69, 9.17) is 4.52 Å². The first kappa shape index (κ1) is 18.4. The van der Waals surface area contributed by atoms with Gasteiger partial charge in [-0.05, 0) is 43.5 Å². The first-order valence-electron chi connectivity index (χ1n) is 8.31. The predicted molar refractivity (Wildman–Crippen MR) is 111 cm³/mol. The van der Waals surface area contributed by atoms with Crippen LogP contribution in [0.1, 0.15) is 25.0 Å². The van der Waals surface area contributed by atoms with Crippen LogP contribution < -0.4 is 5.56 Å². The third kappa shape index (κ3) is 3.59. The lowest BCUT2D eigenvalue weighted by Crippen LogP contribution is -2.22. The van der Waals surface area contributed by atoms with Crippen molar-refractivity contribution in [3.05, 3.63) is 56.4 Å². The van der Waals surface area contributed by atoms with Crippen molar-refractivity contribution in [2.75, 3.05) is 0 Å². The van der Waals surface area contributed by atoms with Crippen molar-refractivity contribution in [3.8, 4) is 10.7 Å². The van der Waals surface area contributed by atoms with E-state index in [9.17, 15) is 4.79 Å². The first-order valence-corrected chi connectivity index (χ1v) is 10.9. The number of hydrogen-bond donors (Lipinski definition) is 0. The molecule has 0 aliphatic rings. The molecule has 0 spiro atoms. The van der Waals surface area contributed by atoms with Crippen molar-refractivity contribution in [2.45, 2.75) is 30.8 Å². The summed E-state index contributed by atoms with van der Waals surface area (Å²) >= 11 is 6.41. The summed E-state index contributed by atoms with van der Waals surface area (Å²) in [5.74, 6) is 1.09. The van der Waals surface area contributed by atoms with Crippen LogP contribution in [0.4, 0.5) is 0 Å². The molecule has 0 N–H and O–H groups in total. The molecule has 3 heterocycles. The van der Waals surface area contributed by atoms with Crippen molar-refractivity contribution >= 4 is 49.9 Å². The topological polar surface area (TPSA) is 73.8 Å². The van der Waals surface area contributed by atoms with E-state index >= 15 is 0 Å². The molecule has 0 fully saturated rings. The Kier molecular flexibility index (Phi) is 5.16. The number of halogens is 1. The molecule has 3 aromatic heterocycles. The maximum atomic E-state index is 12.8. The zero-order chi connectivity index (χ0) is 19.0. The summed E-state index contributed by atoms with van der Waals surface area (Å²) < 4.78 is 7.96. The van der Waals surface area contributed by atoms with Gasteiger partial charge in [-0.25, -0.2) is 4.98 Å². The largest absolute Gasteiger partial charge is 0.338 e. The van der Waals surface area contributed by atoms with Crippen LogP contribution >= 0.6 is 39.0 Å². The molecule has 4 rings (SSSR count). The van der Waals surface area contributed by atoms with Crippen LogP contribution in [0.25, 0.3) is 21.6 Å². The summed E-state index contributed by atoms with van der Waals surface area (Å²) in [4.78, 5) is 23.0. The van der Waals surface area contributed by atoms with Gasteiger partial charge in [0.2, 0.25) is 11.7 Å². The molecule has 1 atom stereocenters. The van der Waals surface area contributed by atoms with E-state index in [0.29, 0.717) is 34.3 Å². The van der Waals surface area contributed by atoms with E-state index in [1.165, 1.54) is 11.8 Å². The van der Waals surface area contributed by atoms with Gasteiger partial charge in [0.25, 0.3) is 5.56 Å². The smallest absolute Gasteiger partial charge is 0.262 e. The predicted octanol–water partition coefficient (Wildman–Crippen LogP) is 5.14. The lowest BCUT2D eigenvalue weighted by molar-refractivity contribution is 0.380. The van der Waals surface area contributed by atoms with Gasteiger partial charge in [0, 0.05) is 11.0 Å². The SMILES string of the molecule is CCn1c(SC(C)c2nc(-c3cccs3)no2)nc2ccc(Br)cc2c1=O. The molecule has 6 nitrogen and oxygen atoms in total. The van der Waals surface area contributed by atoms with Gasteiger partial charge in [0.1, 0.15) is 0 Å². The molecule has 4 aromatic rings. The van der Waals surface area contributed by atoms with E-state index in [-0.39, 0.29) is 10.8 Å². The standard InChI is InChI=1S/C18H15BrN4O2S2/c1-3-23-17(24)12-9-11(19)6-7-13(12)20-18(23)27-10(2)16-21-15(22-25-16)14-5-4-8-26-14/h4-10H,3H2,1-2H3. The van der Waals surface area contributed by atoms with Crippen molar-refractivity contribution in [2.24, 2.45) is 0 Å². The summed E-state index contributed by atoms with van der Waals surface area (Å²) in [6.07, 6.45) is 0. The summed E-state index contributed by atoms with van der Waals surface area (Å²) in [6, 6.07) is 9.44. The zero-order valence-corrected chi connectivity index (χ0v) is 17.8. The van der Waals surface area contributed by atoms with Crippen molar-refractivity contribution < 1.29 is 4.52 Å². The highest BCUT2D eigenvalue weighted by Crippen LogP contribution is 2.34. The summed E-state index contributed by atoms with van der Waals surface area (Å²) in [7, 11) is 0. The van der Waals surface area contributed by atoms with Crippen LogP contribution in [0.3, 0.4) is 0 Å². The number of nitrogens with zero attached hydrogens (tertiary/aromatic N) is 4. The minimum Gasteiger partial charge on any atom is -0.338 e. The minimum atomic E-state index is -0.135. The van der Waals surface area contributed by atoms with Crippen LogP contribution in [0.15, 0.2) is 54.7 Å². The molecule has 0 saturated carbocycles. The average molecular weight is 463 g/mol. The number of thioether (sulfide) groups is 1. The molecule has 1 unspecified atom stereocenters. The monoisotopic (exact) mass is 462 g/mol. The Bertz CT molecular complexity index is 1150. The molecule has 0 radical (unpaired) electrons. The highest BCUT2D eigenvalue weighted by molar-refractivity contribution is 9.10. The van der Waals surface area contributed by atoms with Crippen molar-refractivity contribution in [1.29, 1.82) is 0 Å². The van der Waals surface area contributed by atoms with Crippen LogP contribution in [0, 0.1) is 0 Å². The Morgan fingerprint density at radius 3 is 2.93 bits per heavy atom. The molecular weight excluding hydrogens is 448 g/mol. The molecule has 0 bridgehead atoms. The third-order valence-corrected chi connectivity index (χ3v) is 6.45. The fourth-order valence-electron chi connectivity index (χ4n) is 2.66. The van der Waals surface area contributed by atoms with E-state index in [1.54, 1.807) is 22.0 Å². The number of thiophene rings is 1. The van der Waals surface area contributed by atoms with Crippen molar-refractivity contribution in [3.63, 3.8) is 0 Å². The molecular formula is C18H15BrN4O2S2. The lowest BCUT2D eigenvalue weighted by Gasteiger charge is -2.13. The Balaban J connectivity index is 1.68. The van der Waals surface area contributed by atoms with Gasteiger partial charge in [-0.2, -0.15) is 4.98 Å². The Labute approximate surface area is 171 Å². The fourth-order valence-corrected chi connectivity index (χ4v) is 4.67. The summed E-state index contributed by atoms with van der Waals surface area (Å²) in [6.45, 7) is 4.44. The van der Waals surface area contributed by atoms with Gasteiger partial charge in [-0.15, -0.1) is 11.3 Å². The van der Waals surface area contributed by atoms with Gasteiger partial charge in [-0.3, -0.25) is 9.36 Å². The molecule has 138 valence electrons. The first-order chi connectivity index (χ1) is 13.1. The Morgan fingerprint density at radius 2 is 2.19 bits per heavy atom. The van der Waals surface area contributed by atoms with E-state index in [0.717, 1.165) is 9.35 Å². The van der Waals surface area contributed by atoms with Crippen LogP contribution in [0.5, 0.6) is 0 Å². The minimum absolute atomic E-state index is 0.0525. The van der Waals surface area contributed by atoms with E-state index in [2.05, 4.69) is 31.1 Å². The molecule has 27 heavy (non-hydrogen) atoms.